The van der Waals surface area contributed by atoms with Crippen LogP contribution < -0.4 is 0 Å². The summed E-state index contributed by atoms with van der Waals surface area (Å²) in [6.07, 6.45) is 0. The monoisotopic (exact) mass is 216 g/mol. The second-order valence-corrected chi connectivity index (χ2v) is 4.20. The van der Waals surface area contributed by atoms with Gasteiger partial charge in [0.2, 0.25) is 0 Å². The minimum atomic E-state index is 0.533. The van der Waals surface area contributed by atoms with Gasteiger partial charge >= 0.3 is 0 Å². The van der Waals surface area contributed by atoms with Crippen LogP contribution in [0.4, 0.5) is 0 Å². The topological polar surface area (TPSA) is 0 Å². The zero-order chi connectivity index (χ0) is 5.15. The molecule has 2 heteroatoms. The maximum atomic E-state index is 4.19. The molecule has 0 aromatic heterocycles. The Labute approximate surface area is 58.3 Å². The molecule has 0 bridgehead atoms. The van der Waals surface area contributed by atoms with Crippen molar-refractivity contribution in [1.82, 2.24) is 0 Å². The summed E-state index contributed by atoms with van der Waals surface area (Å²) < 4.78 is 0.686. The van der Waals surface area contributed by atoms with Crippen LogP contribution >= 0.6 is 35.2 Å². The number of halogens is 1. The third-order valence-corrected chi connectivity index (χ3v) is 2.76. The van der Waals surface area contributed by atoms with Crippen LogP contribution in [-0.4, -0.2) is 9.17 Å². The lowest BCUT2D eigenvalue weighted by Crippen LogP contribution is -2.02. The van der Waals surface area contributed by atoms with Gasteiger partial charge in [0, 0.05) is 9.17 Å². The van der Waals surface area contributed by atoms with E-state index in [-0.39, 0.29) is 0 Å². The molecule has 0 aliphatic heterocycles. The molecule has 0 aliphatic rings. The fraction of sp³-hybridized carbons (Fsp3) is 1.00. The summed E-state index contributed by atoms with van der Waals surface area (Å²) in [6.45, 7) is 4.25. The van der Waals surface area contributed by atoms with Crippen LogP contribution in [0.15, 0.2) is 0 Å². The number of hydrogen-bond donors (Lipinski definition) is 1. The Balaban J connectivity index is 2.99. The third kappa shape index (κ3) is 3.28. The highest BCUT2D eigenvalue weighted by Gasteiger charge is 1.98. The summed E-state index contributed by atoms with van der Waals surface area (Å²) >= 11 is 6.54. The highest BCUT2D eigenvalue weighted by Crippen LogP contribution is 2.08. The van der Waals surface area contributed by atoms with Gasteiger partial charge in [-0.15, -0.1) is 0 Å². The Hall–Kier alpha value is 1.08. The van der Waals surface area contributed by atoms with Crippen molar-refractivity contribution in [2.75, 3.05) is 0 Å². The quantitative estimate of drug-likeness (QED) is 0.387. The van der Waals surface area contributed by atoms with Crippen LogP contribution in [0.1, 0.15) is 13.8 Å². The number of thiol groups is 1. The Bertz CT molecular complexity index is 28.5. The smallest absolute Gasteiger partial charge is 0.0195 e. The normalized spacial score (nSPS) is 20.0. The summed E-state index contributed by atoms with van der Waals surface area (Å²) in [5.74, 6) is 0. The predicted molar refractivity (Wildman–Crippen MR) is 41.9 cm³/mol. The lowest BCUT2D eigenvalue weighted by atomic mass is 10.4. The largest absolute Gasteiger partial charge is 0.175 e. The molecular weight excluding hydrogens is 207 g/mol. The molecule has 0 amide bonds. The zero-order valence-corrected chi connectivity index (χ0v) is 7.03. The van der Waals surface area contributed by atoms with Crippen LogP contribution in [0.3, 0.4) is 0 Å². The fourth-order valence-electron chi connectivity index (χ4n) is 0. The van der Waals surface area contributed by atoms with Gasteiger partial charge in [-0.2, -0.15) is 12.6 Å². The molecule has 0 fully saturated rings. The minimum Gasteiger partial charge on any atom is -0.175 e. The standard InChI is InChI=1S/C4H9IS/c1-3(5)4(2)6/h3-4,6H,1-2H3. The molecule has 6 heavy (non-hydrogen) atoms. The minimum absolute atomic E-state index is 0.533. The van der Waals surface area contributed by atoms with E-state index in [1.807, 2.05) is 0 Å². The molecule has 0 heterocycles. The van der Waals surface area contributed by atoms with E-state index >= 15 is 0 Å². The molecular formula is C4H9IS. The van der Waals surface area contributed by atoms with Gasteiger partial charge in [0.05, 0.1) is 0 Å². The Morgan fingerprint density at radius 1 is 1.50 bits per heavy atom. The van der Waals surface area contributed by atoms with Gasteiger partial charge in [0.15, 0.2) is 0 Å². The van der Waals surface area contributed by atoms with Crippen molar-refractivity contribution < 1.29 is 0 Å². The molecule has 0 saturated carbocycles. The van der Waals surface area contributed by atoms with Crippen LogP contribution in [-0.2, 0) is 0 Å². The van der Waals surface area contributed by atoms with Crippen molar-refractivity contribution in [2.24, 2.45) is 0 Å². The van der Waals surface area contributed by atoms with Crippen molar-refractivity contribution >= 4 is 35.2 Å². The Kier molecular flexibility index (Phi) is 3.69. The van der Waals surface area contributed by atoms with E-state index in [1.165, 1.54) is 0 Å². The molecule has 0 aliphatic carbocycles. The number of rotatable bonds is 1. The van der Waals surface area contributed by atoms with Gasteiger partial charge in [0.25, 0.3) is 0 Å². The van der Waals surface area contributed by atoms with Gasteiger partial charge in [-0.1, -0.05) is 36.4 Å². The second-order valence-electron chi connectivity index (χ2n) is 1.42. The number of hydrogen-bond acceptors (Lipinski definition) is 1. The van der Waals surface area contributed by atoms with Gasteiger partial charge < -0.3 is 0 Å². The van der Waals surface area contributed by atoms with Crippen molar-refractivity contribution in [3.63, 3.8) is 0 Å². The van der Waals surface area contributed by atoms with Gasteiger partial charge in [-0.25, -0.2) is 0 Å². The van der Waals surface area contributed by atoms with Gasteiger partial charge in [-0.3, -0.25) is 0 Å². The van der Waals surface area contributed by atoms with E-state index in [2.05, 4.69) is 49.1 Å². The summed E-state index contributed by atoms with van der Waals surface area (Å²) in [6, 6.07) is 0. The Morgan fingerprint density at radius 3 is 1.67 bits per heavy atom. The van der Waals surface area contributed by atoms with E-state index in [9.17, 15) is 0 Å². The van der Waals surface area contributed by atoms with Gasteiger partial charge in [-0.05, 0) is 0 Å². The molecule has 0 aromatic carbocycles. The lowest BCUT2D eigenvalue weighted by Gasteiger charge is -2.02. The van der Waals surface area contributed by atoms with Crippen LogP contribution in [0.2, 0.25) is 0 Å². The molecule has 0 radical (unpaired) electrons. The average Bonchev–Trinajstić information content (AvgIpc) is 1.36. The van der Waals surface area contributed by atoms with E-state index < -0.39 is 0 Å². The molecule has 2 unspecified atom stereocenters. The molecule has 0 aromatic rings. The van der Waals surface area contributed by atoms with Gasteiger partial charge in [0.1, 0.15) is 0 Å². The maximum Gasteiger partial charge on any atom is 0.0195 e. The fourth-order valence-corrected chi connectivity index (χ4v) is 0. The highest BCUT2D eigenvalue weighted by atomic mass is 127. The molecule has 0 spiro atoms. The zero-order valence-electron chi connectivity index (χ0n) is 3.98. The van der Waals surface area contributed by atoms with Crippen LogP contribution in [0.5, 0.6) is 0 Å². The Morgan fingerprint density at radius 2 is 1.67 bits per heavy atom. The first-order chi connectivity index (χ1) is 2.64. The molecule has 0 N–H and O–H groups in total. The highest BCUT2D eigenvalue weighted by molar-refractivity contribution is 14.1. The van der Waals surface area contributed by atoms with Crippen molar-refractivity contribution in [3.8, 4) is 0 Å². The van der Waals surface area contributed by atoms with E-state index in [4.69, 9.17) is 0 Å². The van der Waals surface area contributed by atoms with Crippen LogP contribution in [0, 0.1) is 0 Å². The summed E-state index contributed by atoms with van der Waals surface area (Å²) in [5.41, 5.74) is 0. The molecule has 0 saturated heterocycles. The first kappa shape index (κ1) is 7.08. The molecule has 38 valence electrons. The number of alkyl halides is 1. The summed E-state index contributed by atoms with van der Waals surface area (Å²) in [7, 11) is 0. The first-order valence-corrected chi connectivity index (χ1v) is 3.73. The van der Waals surface area contributed by atoms with E-state index in [1.54, 1.807) is 0 Å². The predicted octanol–water partition coefficient (Wildman–Crippen LogP) is 2.13. The molecule has 2 atom stereocenters. The van der Waals surface area contributed by atoms with E-state index in [0.29, 0.717) is 9.17 Å². The maximum absolute atomic E-state index is 4.19. The third-order valence-electron chi connectivity index (χ3n) is 0.665. The molecule has 0 nitrogen and oxygen atoms in total. The van der Waals surface area contributed by atoms with Crippen molar-refractivity contribution in [2.45, 2.75) is 23.0 Å². The van der Waals surface area contributed by atoms with Crippen molar-refractivity contribution in [3.05, 3.63) is 0 Å². The van der Waals surface area contributed by atoms with E-state index in [0.717, 1.165) is 0 Å². The van der Waals surface area contributed by atoms with Crippen molar-refractivity contribution in [1.29, 1.82) is 0 Å². The second kappa shape index (κ2) is 3.13. The summed E-state index contributed by atoms with van der Waals surface area (Å²) in [4.78, 5) is 0. The summed E-state index contributed by atoms with van der Waals surface area (Å²) in [5, 5.41) is 0.533. The SMILES string of the molecule is CC(S)C(C)I. The van der Waals surface area contributed by atoms with Crippen LogP contribution in [0.25, 0.3) is 0 Å². The average molecular weight is 216 g/mol. The first-order valence-electron chi connectivity index (χ1n) is 1.96. The lowest BCUT2D eigenvalue weighted by molar-refractivity contribution is 0.967. The molecule has 0 rings (SSSR count).